The summed E-state index contributed by atoms with van der Waals surface area (Å²) in [7, 11) is 0. The number of esters is 1. The molecular weight excluding hydrogens is 388 g/mol. The van der Waals surface area contributed by atoms with Gasteiger partial charge in [-0.2, -0.15) is 0 Å². The van der Waals surface area contributed by atoms with E-state index in [0.717, 1.165) is 16.3 Å². The molecule has 1 aromatic heterocycles. The predicted molar refractivity (Wildman–Crippen MR) is 112 cm³/mol. The van der Waals surface area contributed by atoms with E-state index < -0.39 is 18.0 Å². The van der Waals surface area contributed by atoms with Gasteiger partial charge in [-0.1, -0.05) is 29.8 Å². The molecule has 1 N–H and O–H groups in total. The first-order chi connectivity index (χ1) is 13.9. The van der Waals surface area contributed by atoms with Gasteiger partial charge in [-0.3, -0.25) is 4.79 Å². The van der Waals surface area contributed by atoms with E-state index >= 15 is 0 Å². The molecule has 0 unspecified atom stereocenters. The monoisotopic (exact) mass is 410 g/mol. The number of carbonyl (C=O) groups excluding carboxylic acids is 2. The van der Waals surface area contributed by atoms with Crippen LogP contribution in [-0.4, -0.2) is 23.0 Å². The SMILES string of the molecule is Cc1ccc(NC(=O)[C@H](C)OC(=O)c2ccccc2OCc2csc(C)n2)cc1. The molecule has 3 rings (SSSR count). The molecule has 0 fully saturated rings. The Balaban J connectivity index is 1.62. The van der Waals surface area contributed by atoms with Crippen molar-refractivity contribution < 1.29 is 19.1 Å². The van der Waals surface area contributed by atoms with Crippen molar-refractivity contribution in [3.05, 3.63) is 75.7 Å². The number of aromatic nitrogens is 1. The van der Waals surface area contributed by atoms with Gasteiger partial charge in [0.1, 0.15) is 17.9 Å². The molecule has 0 saturated carbocycles. The number of thiazole rings is 1. The number of para-hydroxylation sites is 1. The van der Waals surface area contributed by atoms with E-state index in [4.69, 9.17) is 9.47 Å². The lowest BCUT2D eigenvalue weighted by Gasteiger charge is -2.15. The third kappa shape index (κ3) is 5.65. The van der Waals surface area contributed by atoms with Gasteiger partial charge in [-0.25, -0.2) is 9.78 Å². The summed E-state index contributed by atoms with van der Waals surface area (Å²) in [6.07, 6.45) is -0.960. The van der Waals surface area contributed by atoms with Crippen molar-refractivity contribution in [1.29, 1.82) is 0 Å². The molecule has 0 spiro atoms. The van der Waals surface area contributed by atoms with Crippen molar-refractivity contribution in [3.8, 4) is 5.75 Å². The van der Waals surface area contributed by atoms with E-state index in [1.54, 1.807) is 36.4 Å². The van der Waals surface area contributed by atoms with E-state index in [1.165, 1.54) is 18.3 Å². The first-order valence-corrected chi connectivity index (χ1v) is 10.0. The molecule has 1 heterocycles. The minimum absolute atomic E-state index is 0.248. The molecule has 2 aromatic carbocycles. The highest BCUT2D eigenvalue weighted by molar-refractivity contribution is 7.09. The van der Waals surface area contributed by atoms with E-state index in [-0.39, 0.29) is 12.2 Å². The number of anilines is 1. The Morgan fingerprint density at radius 2 is 1.83 bits per heavy atom. The fourth-order valence-electron chi connectivity index (χ4n) is 2.55. The average Bonchev–Trinajstić information content (AvgIpc) is 3.13. The highest BCUT2D eigenvalue weighted by Gasteiger charge is 2.21. The van der Waals surface area contributed by atoms with Gasteiger partial charge in [-0.15, -0.1) is 11.3 Å². The number of nitrogens with zero attached hydrogens (tertiary/aromatic N) is 1. The van der Waals surface area contributed by atoms with Crippen LogP contribution in [0.15, 0.2) is 53.9 Å². The number of aryl methyl sites for hydroxylation is 2. The zero-order valence-electron chi connectivity index (χ0n) is 16.5. The lowest BCUT2D eigenvalue weighted by atomic mass is 10.2. The zero-order chi connectivity index (χ0) is 20.8. The van der Waals surface area contributed by atoms with Gasteiger partial charge < -0.3 is 14.8 Å². The molecule has 1 amide bonds. The van der Waals surface area contributed by atoms with Gasteiger partial charge in [0.05, 0.1) is 10.7 Å². The third-order valence-electron chi connectivity index (χ3n) is 4.12. The Hall–Kier alpha value is -3.19. The Morgan fingerprint density at radius 3 is 2.52 bits per heavy atom. The molecular formula is C22H22N2O4S. The Morgan fingerprint density at radius 1 is 1.10 bits per heavy atom. The fraction of sp³-hybridized carbons (Fsp3) is 0.227. The largest absolute Gasteiger partial charge is 0.486 e. The maximum absolute atomic E-state index is 12.6. The molecule has 29 heavy (non-hydrogen) atoms. The number of nitrogens with one attached hydrogen (secondary N) is 1. The first kappa shape index (κ1) is 20.5. The molecule has 6 nitrogen and oxygen atoms in total. The third-order valence-corrected chi connectivity index (χ3v) is 4.94. The van der Waals surface area contributed by atoms with Gasteiger partial charge in [0.15, 0.2) is 6.10 Å². The van der Waals surface area contributed by atoms with Crippen LogP contribution in [0.4, 0.5) is 5.69 Å². The van der Waals surface area contributed by atoms with Crippen molar-refractivity contribution in [2.24, 2.45) is 0 Å². The van der Waals surface area contributed by atoms with E-state index in [0.29, 0.717) is 11.4 Å². The zero-order valence-corrected chi connectivity index (χ0v) is 17.3. The Kier molecular flexibility index (Phi) is 6.61. The summed E-state index contributed by atoms with van der Waals surface area (Å²) in [6.45, 7) is 5.66. The second kappa shape index (κ2) is 9.34. The lowest BCUT2D eigenvalue weighted by Crippen LogP contribution is -2.30. The molecule has 0 aliphatic carbocycles. The van der Waals surface area contributed by atoms with Crippen LogP contribution in [0, 0.1) is 13.8 Å². The van der Waals surface area contributed by atoms with Crippen molar-refractivity contribution in [2.45, 2.75) is 33.5 Å². The van der Waals surface area contributed by atoms with Gasteiger partial charge in [-0.05, 0) is 45.0 Å². The lowest BCUT2D eigenvalue weighted by molar-refractivity contribution is -0.123. The molecule has 3 aromatic rings. The normalized spacial score (nSPS) is 11.6. The summed E-state index contributed by atoms with van der Waals surface area (Å²) in [4.78, 5) is 29.3. The minimum Gasteiger partial charge on any atom is -0.486 e. The standard InChI is InChI=1S/C22H22N2O4S/c1-14-8-10-17(11-9-14)24-21(25)15(2)28-22(26)19-6-4-5-7-20(19)27-12-18-13-29-16(3)23-18/h4-11,13,15H,12H2,1-3H3,(H,24,25)/t15-/m0/s1. The smallest absolute Gasteiger partial charge is 0.342 e. The summed E-state index contributed by atoms with van der Waals surface area (Å²) in [5.74, 6) is -0.644. The van der Waals surface area contributed by atoms with Crippen LogP contribution in [0.2, 0.25) is 0 Å². The topological polar surface area (TPSA) is 77.5 Å². The molecule has 0 saturated heterocycles. The Bertz CT molecular complexity index is 998. The van der Waals surface area contributed by atoms with Gasteiger partial charge in [0.25, 0.3) is 5.91 Å². The van der Waals surface area contributed by atoms with Crippen LogP contribution in [-0.2, 0) is 16.1 Å². The van der Waals surface area contributed by atoms with E-state index in [2.05, 4.69) is 10.3 Å². The highest BCUT2D eigenvalue weighted by Crippen LogP contribution is 2.21. The highest BCUT2D eigenvalue weighted by atomic mass is 32.1. The second-order valence-electron chi connectivity index (χ2n) is 6.55. The van der Waals surface area contributed by atoms with Crippen LogP contribution in [0.5, 0.6) is 5.75 Å². The average molecular weight is 410 g/mol. The van der Waals surface area contributed by atoms with Crippen LogP contribution >= 0.6 is 11.3 Å². The number of rotatable bonds is 7. The number of benzene rings is 2. The molecule has 0 aliphatic rings. The van der Waals surface area contributed by atoms with Gasteiger partial charge >= 0.3 is 5.97 Å². The van der Waals surface area contributed by atoms with Crippen molar-refractivity contribution >= 4 is 28.9 Å². The molecule has 7 heteroatoms. The molecule has 150 valence electrons. The summed E-state index contributed by atoms with van der Waals surface area (Å²) < 4.78 is 11.1. The van der Waals surface area contributed by atoms with Crippen LogP contribution in [0.1, 0.15) is 33.5 Å². The second-order valence-corrected chi connectivity index (χ2v) is 7.61. The molecule has 0 radical (unpaired) electrons. The summed E-state index contributed by atoms with van der Waals surface area (Å²) in [6, 6.07) is 14.2. The quantitative estimate of drug-likeness (QED) is 0.580. The van der Waals surface area contributed by atoms with Gasteiger partial charge in [0, 0.05) is 11.1 Å². The van der Waals surface area contributed by atoms with Crippen LogP contribution < -0.4 is 10.1 Å². The number of hydrogen-bond donors (Lipinski definition) is 1. The summed E-state index contributed by atoms with van der Waals surface area (Å²) in [5, 5.41) is 5.59. The number of ether oxygens (including phenoxy) is 2. The molecule has 0 aliphatic heterocycles. The van der Waals surface area contributed by atoms with Crippen molar-refractivity contribution in [1.82, 2.24) is 4.98 Å². The van der Waals surface area contributed by atoms with E-state index in [1.807, 2.05) is 31.4 Å². The molecule has 1 atom stereocenters. The van der Waals surface area contributed by atoms with Crippen molar-refractivity contribution in [2.75, 3.05) is 5.32 Å². The number of carbonyl (C=O) groups is 2. The van der Waals surface area contributed by atoms with Crippen LogP contribution in [0.3, 0.4) is 0 Å². The maximum atomic E-state index is 12.6. The number of hydrogen-bond acceptors (Lipinski definition) is 6. The van der Waals surface area contributed by atoms with Crippen LogP contribution in [0.25, 0.3) is 0 Å². The summed E-state index contributed by atoms with van der Waals surface area (Å²) in [5.41, 5.74) is 2.79. The summed E-state index contributed by atoms with van der Waals surface area (Å²) >= 11 is 1.54. The maximum Gasteiger partial charge on any atom is 0.342 e. The fourth-order valence-corrected chi connectivity index (χ4v) is 3.14. The van der Waals surface area contributed by atoms with Crippen molar-refractivity contribution in [3.63, 3.8) is 0 Å². The van der Waals surface area contributed by atoms with E-state index in [9.17, 15) is 9.59 Å². The Labute approximate surface area is 173 Å². The van der Waals surface area contributed by atoms with Gasteiger partial charge in [0.2, 0.25) is 0 Å². The minimum atomic E-state index is -0.960. The first-order valence-electron chi connectivity index (χ1n) is 9.13. The molecule has 0 bridgehead atoms. The predicted octanol–water partition coefficient (Wildman–Crippen LogP) is 4.52. The number of amides is 1.